The van der Waals surface area contributed by atoms with Crippen molar-refractivity contribution in [3.8, 4) is 0 Å². The number of anilines is 1. The minimum absolute atomic E-state index is 0.145. The summed E-state index contributed by atoms with van der Waals surface area (Å²) >= 11 is 1.89. The highest BCUT2D eigenvalue weighted by Gasteiger charge is 2.24. The molecule has 88 valence electrons. The number of thioether (sulfide) groups is 1. The Hall–Kier alpha value is -0.700. The van der Waals surface area contributed by atoms with Crippen molar-refractivity contribution in [2.24, 2.45) is 0 Å². The van der Waals surface area contributed by atoms with Crippen molar-refractivity contribution in [2.45, 2.75) is 37.0 Å². The molecule has 1 aromatic rings. The maximum Gasteiger partial charge on any atom is 0.146 e. The van der Waals surface area contributed by atoms with Crippen molar-refractivity contribution >= 4 is 17.4 Å². The highest BCUT2D eigenvalue weighted by Crippen LogP contribution is 2.30. The van der Waals surface area contributed by atoms with Gasteiger partial charge in [0.15, 0.2) is 0 Å². The number of hydrogen-bond donors (Lipinski definition) is 1. The largest absolute Gasteiger partial charge is 0.379 e. The molecule has 16 heavy (non-hydrogen) atoms. The van der Waals surface area contributed by atoms with Gasteiger partial charge < -0.3 is 5.32 Å². The van der Waals surface area contributed by atoms with Crippen molar-refractivity contribution in [2.75, 3.05) is 11.6 Å². The minimum atomic E-state index is -0.145. The van der Waals surface area contributed by atoms with Crippen LogP contribution in [0.15, 0.2) is 24.3 Å². The highest BCUT2D eigenvalue weighted by molar-refractivity contribution is 7.99. The quantitative estimate of drug-likeness (QED) is 0.858. The molecule has 2 rings (SSSR count). The van der Waals surface area contributed by atoms with E-state index < -0.39 is 0 Å². The standard InChI is InChI=1S/C13H18FNS/c1-16-13-9-5-4-8-12(13)15-11-7-3-2-6-10(11)14/h2-3,6-7,12-13,15H,4-5,8-9H2,1H3. The molecule has 0 bridgehead atoms. The molecule has 0 heterocycles. The van der Waals surface area contributed by atoms with Gasteiger partial charge in [-0.25, -0.2) is 4.39 Å². The Morgan fingerprint density at radius 3 is 2.75 bits per heavy atom. The van der Waals surface area contributed by atoms with Crippen molar-refractivity contribution in [3.63, 3.8) is 0 Å². The first-order valence-corrected chi connectivity index (χ1v) is 7.14. The lowest BCUT2D eigenvalue weighted by Crippen LogP contribution is -2.34. The first kappa shape index (κ1) is 11.8. The van der Waals surface area contributed by atoms with E-state index >= 15 is 0 Å². The van der Waals surface area contributed by atoms with Gasteiger partial charge >= 0.3 is 0 Å². The molecule has 0 radical (unpaired) electrons. The fourth-order valence-corrected chi connectivity index (χ4v) is 3.26. The first-order chi connectivity index (χ1) is 7.81. The Labute approximate surface area is 101 Å². The van der Waals surface area contributed by atoms with Gasteiger partial charge in [0.1, 0.15) is 5.82 Å². The molecular weight excluding hydrogens is 221 g/mol. The van der Waals surface area contributed by atoms with E-state index in [-0.39, 0.29) is 5.82 Å². The summed E-state index contributed by atoms with van der Waals surface area (Å²) in [6, 6.07) is 7.36. The fraction of sp³-hybridized carbons (Fsp3) is 0.538. The van der Waals surface area contributed by atoms with Gasteiger partial charge in [-0.15, -0.1) is 0 Å². The Morgan fingerprint density at radius 1 is 1.25 bits per heavy atom. The maximum atomic E-state index is 13.5. The number of halogens is 1. The SMILES string of the molecule is CSC1CCCCC1Nc1ccccc1F. The van der Waals surface area contributed by atoms with Crippen LogP contribution >= 0.6 is 11.8 Å². The van der Waals surface area contributed by atoms with E-state index in [0.717, 1.165) is 6.42 Å². The van der Waals surface area contributed by atoms with Gasteiger partial charge in [0.2, 0.25) is 0 Å². The molecule has 1 aliphatic carbocycles. The van der Waals surface area contributed by atoms with E-state index in [1.807, 2.05) is 23.9 Å². The summed E-state index contributed by atoms with van der Waals surface area (Å²) in [4.78, 5) is 0. The lowest BCUT2D eigenvalue weighted by Gasteiger charge is -2.31. The molecule has 0 amide bonds. The van der Waals surface area contributed by atoms with Crippen LogP contribution in [0.1, 0.15) is 25.7 Å². The number of rotatable bonds is 3. The van der Waals surface area contributed by atoms with Crippen LogP contribution in [0.2, 0.25) is 0 Å². The Kier molecular flexibility index (Phi) is 4.10. The molecule has 0 aromatic heterocycles. The Balaban J connectivity index is 2.05. The predicted octanol–water partition coefficient (Wildman–Crippen LogP) is 3.91. The van der Waals surface area contributed by atoms with Gasteiger partial charge in [0.05, 0.1) is 5.69 Å². The van der Waals surface area contributed by atoms with Crippen LogP contribution in [0.4, 0.5) is 10.1 Å². The lowest BCUT2D eigenvalue weighted by molar-refractivity contribution is 0.473. The first-order valence-electron chi connectivity index (χ1n) is 5.85. The normalized spacial score (nSPS) is 25.4. The smallest absolute Gasteiger partial charge is 0.146 e. The molecule has 0 spiro atoms. The molecule has 2 unspecified atom stereocenters. The Bertz CT molecular complexity index is 342. The minimum Gasteiger partial charge on any atom is -0.379 e. The van der Waals surface area contributed by atoms with E-state index in [9.17, 15) is 4.39 Å². The molecule has 2 atom stereocenters. The molecule has 0 aliphatic heterocycles. The zero-order valence-corrected chi connectivity index (χ0v) is 10.4. The van der Waals surface area contributed by atoms with Crippen molar-refractivity contribution in [3.05, 3.63) is 30.1 Å². The number of para-hydroxylation sites is 1. The van der Waals surface area contributed by atoms with Gasteiger partial charge in [-0.05, 0) is 31.2 Å². The second-order valence-electron chi connectivity index (χ2n) is 4.29. The summed E-state index contributed by atoms with van der Waals surface area (Å²) in [5.41, 5.74) is 0.647. The van der Waals surface area contributed by atoms with E-state index in [4.69, 9.17) is 0 Å². The molecule has 1 nitrogen and oxygen atoms in total. The number of nitrogens with one attached hydrogen (secondary N) is 1. The van der Waals surface area contributed by atoms with Crippen LogP contribution < -0.4 is 5.32 Å². The van der Waals surface area contributed by atoms with Crippen LogP contribution in [-0.2, 0) is 0 Å². The molecule has 1 N–H and O–H groups in total. The summed E-state index contributed by atoms with van der Waals surface area (Å²) < 4.78 is 13.5. The molecule has 3 heteroatoms. The van der Waals surface area contributed by atoms with Crippen LogP contribution in [0, 0.1) is 5.82 Å². The average molecular weight is 239 g/mol. The van der Waals surface area contributed by atoms with Gasteiger partial charge in [0, 0.05) is 11.3 Å². The maximum absolute atomic E-state index is 13.5. The number of hydrogen-bond acceptors (Lipinski definition) is 2. The summed E-state index contributed by atoms with van der Waals surface area (Å²) in [6.07, 6.45) is 7.10. The van der Waals surface area contributed by atoms with E-state index in [1.165, 1.54) is 25.3 Å². The molecule has 1 aromatic carbocycles. The van der Waals surface area contributed by atoms with E-state index in [2.05, 4.69) is 11.6 Å². The summed E-state index contributed by atoms with van der Waals surface area (Å²) in [5, 5.41) is 3.97. The summed E-state index contributed by atoms with van der Waals surface area (Å²) in [7, 11) is 0. The third kappa shape index (κ3) is 2.70. The second kappa shape index (κ2) is 5.58. The van der Waals surface area contributed by atoms with Crippen molar-refractivity contribution in [1.29, 1.82) is 0 Å². The molecule has 0 saturated heterocycles. The third-order valence-corrected chi connectivity index (χ3v) is 4.39. The van der Waals surface area contributed by atoms with Gasteiger partial charge in [-0.2, -0.15) is 11.8 Å². The molecule has 1 fully saturated rings. The second-order valence-corrected chi connectivity index (χ2v) is 5.37. The van der Waals surface area contributed by atoms with E-state index in [0.29, 0.717) is 17.0 Å². The van der Waals surface area contributed by atoms with Gasteiger partial charge in [0.25, 0.3) is 0 Å². The van der Waals surface area contributed by atoms with Gasteiger partial charge in [-0.3, -0.25) is 0 Å². The van der Waals surface area contributed by atoms with Crippen LogP contribution in [0.3, 0.4) is 0 Å². The van der Waals surface area contributed by atoms with E-state index in [1.54, 1.807) is 6.07 Å². The van der Waals surface area contributed by atoms with Crippen LogP contribution in [0.5, 0.6) is 0 Å². The zero-order valence-electron chi connectivity index (χ0n) is 9.58. The van der Waals surface area contributed by atoms with Crippen molar-refractivity contribution in [1.82, 2.24) is 0 Å². The predicted molar refractivity (Wildman–Crippen MR) is 69.6 cm³/mol. The van der Waals surface area contributed by atoms with Crippen LogP contribution in [-0.4, -0.2) is 17.5 Å². The molecular formula is C13H18FNS. The topological polar surface area (TPSA) is 12.0 Å². The third-order valence-electron chi connectivity index (χ3n) is 3.22. The number of benzene rings is 1. The average Bonchev–Trinajstić information content (AvgIpc) is 2.33. The van der Waals surface area contributed by atoms with Crippen LogP contribution in [0.25, 0.3) is 0 Å². The molecule has 1 aliphatic rings. The Morgan fingerprint density at radius 2 is 2.00 bits per heavy atom. The monoisotopic (exact) mass is 239 g/mol. The van der Waals surface area contributed by atoms with Gasteiger partial charge in [-0.1, -0.05) is 25.0 Å². The van der Waals surface area contributed by atoms with Crippen molar-refractivity contribution < 1.29 is 4.39 Å². The fourth-order valence-electron chi connectivity index (χ4n) is 2.32. The summed E-state index contributed by atoms with van der Waals surface area (Å²) in [5.74, 6) is -0.145. The summed E-state index contributed by atoms with van der Waals surface area (Å²) in [6.45, 7) is 0. The zero-order chi connectivity index (χ0) is 11.4. The highest BCUT2D eigenvalue weighted by atomic mass is 32.2. The molecule has 1 saturated carbocycles. The lowest BCUT2D eigenvalue weighted by atomic mass is 9.94.